The zero-order valence-electron chi connectivity index (χ0n) is 23.2. The highest BCUT2D eigenvalue weighted by Gasteiger charge is 2.53. The fourth-order valence-electron chi connectivity index (χ4n) is 5.66. The molecule has 0 bridgehead atoms. The molecular weight excluding hydrogens is 546 g/mol. The van der Waals surface area contributed by atoms with Crippen molar-refractivity contribution < 1.29 is 54.0 Å². The molecule has 18 atom stereocenters. The van der Waals surface area contributed by atoms with Gasteiger partial charge in [-0.1, -0.05) is 19.1 Å². The van der Waals surface area contributed by atoms with E-state index in [9.17, 15) is 25.5 Å². The van der Waals surface area contributed by atoms with E-state index in [1.807, 2.05) is 0 Å². The molecule has 1 saturated carbocycles. The first kappa shape index (κ1) is 33.0. The number of ether oxygens (including phenoxy) is 6. The number of aliphatic hydroxyl groups is 5. The molecule has 3 heterocycles. The molecule has 41 heavy (non-hydrogen) atoms. The molecule has 0 aromatic rings. The lowest BCUT2D eigenvalue weighted by Crippen LogP contribution is -2.65. The second-order valence-electron chi connectivity index (χ2n) is 11.5. The Morgan fingerprint density at radius 1 is 0.780 bits per heavy atom. The zero-order valence-corrected chi connectivity index (χ0v) is 23.2. The Balaban J connectivity index is 1.49. The third-order valence-electron chi connectivity index (χ3n) is 8.30. The Morgan fingerprint density at radius 2 is 1.41 bits per heavy atom. The van der Waals surface area contributed by atoms with Gasteiger partial charge in [0, 0.05) is 30.6 Å². The number of aliphatic hydroxyl groups excluding tert-OH is 5. The summed E-state index contributed by atoms with van der Waals surface area (Å²) in [5.41, 5.74) is 30.3. The summed E-state index contributed by atoms with van der Waals surface area (Å²) in [5.74, 6) is -0.706. The maximum absolute atomic E-state index is 11.2. The Kier molecular flexibility index (Phi) is 11.1. The van der Waals surface area contributed by atoms with E-state index < -0.39 is 111 Å². The maximum Gasteiger partial charge on any atom is 0.187 e. The summed E-state index contributed by atoms with van der Waals surface area (Å²) in [7, 11) is 0. The van der Waals surface area contributed by atoms with Crippen LogP contribution in [0.25, 0.3) is 0 Å². The van der Waals surface area contributed by atoms with Crippen molar-refractivity contribution >= 4 is 0 Å². The van der Waals surface area contributed by atoms with Crippen LogP contribution in [0.4, 0.5) is 0 Å². The maximum atomic E-state index is 11.2. The van der Waals surface area contributed by atoms with Gasteiger partial charge in [-0.2, -0.15) is 0 Å². The predicted molar refractivity (Wildman–Crippen MR) is 141 cm³/mol. The Bertz CT molecular complexity index is 874. The third-order valence-corrected chi connectivity index (χ3v) is 8.30. The van der Waals surface area contributed by atoms with Gasteiger partial charge in [0.2, 0.25) is 0 Å². The molecule has 18 unspecified atom stereocenters. The first-order valence-electron chi connectivity index (χ1n) is 14.0. The molecule has 0 amide bonds. The van der Waals surface area contributed by atoms with Crippen LogP contribution < -0.4 is 28.7 Å². The summed E-state index contributed by atoms with van der Waals surface area (Å²) in [6.07, 6.45) is -10.7. The van der Waals surface area contributed by atoms with E-state index in [2.05, 4.69) is 0 Å². The van der Waals surface area contributed by atoms with Crippen LogP contribution in [0.1, 0.15) is 20.3 Å². The lowest BCUT2D eigenvalue weighted by Gasteiger charge is -2.45. The average molecular weight is 594 g/mol. The van der Waals surface area contributed by atoms with Gasteiger partial charge in [0.15, 0.2) is 18.9 Å². The van der Waals surface area contributed by atoms with Crippen molar-refractivity contribution in [2.45, 2.75) is 124 Å². The molecule has 2 saturated heterocycles. The quantitative estimate of drug-likeness (QED) is 0.112. The molecule has 0 spiro atoms. The summed E-state index contributed by atoms with van der Waals surface area (Å²) in [4.78, 5) is 0. The van der Waals surface area contributed by atoms with Gasteiger partial charge in [0.1, 0.15) is 42.7 Å². The summed E-state index contributed by atoms with van der Waals surface area (Å²) in [5, 5.41) is 52.8. The van der Waals surface area contributed by atoms with Crippen molar-refractivity contribution in [3.8, 4) is 0 Å². The number of hydrogen-bond donors (Lipinski definition) is 10. The lowest BCUT2D eigenvalue weighted by atomic mass is 9.84. The highest BCUT2D eigenvalue weighted by molar-refractivity contribution is 5.06. The van der Waals surface area contributed by atoms with Crippen molar-refractivity contribution in [2.24, 2.45) is 34.6 Å². The van der Waals surface area contributed by atoms with Gasteiger partial charge in [0.25, 0.3) is 0 Å². The average Bonchev–Trinajstić information content (AvgIpc) is 3.23. The Morgan fingerprint density at radius 3 is 2.05 bits per heavy atom. The molecule has 0 aromatic heterocycles. The SMILES string of the molecule is CC(N)C1C=CC(N)C(OC2C(N)CC(N)C(O)C2OC2OC(CO)C(OC3OC(CN)C(O)C(O)C3C)C2O)O1. The molecule has 0 radical (unpaired) electrons. The van der Waals surface area contributed by atoms with Crippen LogP contribution in [0.3, 0.4) is 0 Å². The van der Waals surface area contributed by atoms with Crippen LogP contribution in [-0.4, -0.2) is 143 Å². The van der Waals surface area contributed by atoms with E-state index in [4.69, 9.17) is 57.1 Å². The van der Waals surface area contributed by atoms with Gasteiger partial charge in [-0.05, 0) is 13.3 Å². The second-order valence-corrected chi connectivity index (χ2v) is 11.5. The third kappa shape index (κ3) is 6.93. The highest BCUT2D eigenvalue weighted by atomic mass is 16.8. The molecular formula is C25H47N5O11. The van der Waals surface area contributed by atoms with E-state index in [1.165, 1.54) is 0 Å². The number of rotatable bonds is 9. The minimum atomic E-state index is -1.48. The molecule has 15 N–H and O–H groups in total. The molecule has 0 aromatic carbocycles. The standard InChI is InChI=1S/C25H47N5O11/c1-8-16(32)18(34)14(6-26)37-23(8)40-21-15(7-31)38-25(19(21)35)41-22-17(33)11(29)5-12(30)20(22)39-24-10(28)3-4-13(36-24)9(2)27/h3-4,8-25,31-35H,5-7,26-30H2,1-2H3. The highest BCUT2D eigenvalue weighted by Crippen LogP contribution is 2.35. The van der Waals surface area contributed by atoms with Crippen LogP contribution in [0.2, 0.25) is 0 Å². The first-order valence-corrected chi connectivity index (χ1v) is 14.0. The van der Waals surface area contributed by atoms with Crippen molar-refractivity contribution in [3.63, 3.8) is 0 Å². The number of nitrogens with two attached hydrogens (primary N) is 5. The van der Waals surface area contributed by atoms with Crippen LogP contribution in [0.5, 0.6) is 0 Å². The minimum absolute atomic E-state index is 0.0831. The zero-order chi connectivity index (χ0) is 30.2. The van der Waals surface area contributed by atoms with E-state index >= 15 is 0 Å². The van der Waals surface area contributed by atoms with E-state index in [-0.39, 0.29) is 19.0 Å². The van der Waals surface area contributed by atoms with Crippen molar-refractivity contribution in [1.82, 2.24) is 0 Å². The summed E-state index contributed by atoms with van der Waals surface area (Å²) >= 11 is 0. The smallest absolute Gasteiger partial charge is 0.187 e. The van der Waals surface area contributed by atoms with Crippen LogP contribution in [0, 0.1) is 5.92 Å². The van der Waals surface area contributed by atoms with E-state index in [0.717, 1.165) is 0 Å². The van der Waals surface area contributed by atoms with Gasteiger partial charge < -0.3 is 82.6 Å². The van der Waals surface area contributed by atoms with Crippen LogP contribution >= 0.6 is 0 Å². The Hall–Kier alpha value is -0.900. The van der Waals surface area contributed by atoms with Gasteiger partial charge in [-0.15, -0.1) is 0 Å². The first-order chi connectivity index (χ1) is 19.4. The molecule has 4 rings (SSSR count). The van der Waals surface area contributed by atoms with Crippen molar-refractivity contribution in [2.75, 3.05) is 13.2 Å². The van der Waals surface area contributed by atoms with Crippen molar-refractivity contribution in [3.05, 3.63) is 12.2 Å². The monoisotopic (exact) mass is 593 g/mol. The molecule has 238 valence electrons. The molecule has 3 fully saturated rings. The van der Waals surface area contributed by atoms with Gasteiger partial charge >= 0.3 is 0 Å². The summed E-state index contributed by atoms with van der Waals surface area (Å²) in [6, 6.07) is -2.47. The largest absolute Gasteiger partial charge is 0.394 e. The minimum Gasteiger partial charge on any atom is -0.394 e. The topological polar surface area (TPSA) is 287 Å². The fourth-order valence-corrected chi connectivity index (χ4v) is 5.66. The van der Waals surface area contributed by atoms with Gasteiger partial charge in [-0.3, -0.25) is 0 Å². The molecule has 4 aliphatic rings. The van der Waals surface area contributed by atoms with Crippen molar-refractivity contribution in [1.29, 1.82) is 0 Å². The normalized spacial score (nSPS) is 51.6. The summed E-state index contributed by atoms with van der Waals surface area (Å²) in [6.45, 7) is 2.73. The molecule has 1 aliphatic carbocycles. The van der Waals surface area contributed by atoms with E-state index in [1.54, 1.807) is 26.0 Å². The van der Waals surface area contributed by atoms with Crippen LogP contribution in [-0.2, 0) is 28.4 Å². The van der Waals surface area contributed by atoms with E-state index in [0.29, 0.717) is 0 Å². The molecule has 3 aliphatic heterocycles. The van der Waals surface area contributed by atoms with Gasteiger partial charge in [0.05, 0.1) is 31.0 Å². The molecule has 16 nitrogen and oxygen atoms in total. The lowest BCUT2D eigenvalue weighted by molar-refractivity contribution is -0.296. The second kappa shape index (κ2) is 13.8. The predicted octanol–water partition coefficient (Wildman–Crippen LogP) is -5.36. The fraction of sp³-hybridized carbons (Fsp3) is 0.920. The molecule has 16 heteroatoms. The number of hydrogen-bond acceptors (Lipinski definition) is 16. The van der Waals surface area contributed by atoms with Gasteiger partial charge in [-0.25, -0.2) is 0 Å². The Labute approximate surface area is 238 Å². The van der Waals surface area contributed by atoms with Crippen LogP contribution in [0.15, 0.2) is 12.2 Å². The summed E-state index contributed by atoms with van der Waals surface area (Å²) < 4.78 is 35.6.